The van der Waals surface area contributed by atoms with Crippen LogP contribution in [-0.4, -0.2) is 33.4 Å². The van der Waals surface area contributed by atoms with Crippen molar-refractivity contribution in [3.63, 3.8) is 0 Å². The number of rotatable bonds is 4. The van der Waals surface area contributed by atoms with Crippen molar-refractivity contribution in [2.45, 2.75) is 24.8 Å². The van der Waals surface area contributed by atoms with E-state index in [0.717, 1.165) is 11.1 Å². The number of ether oxygens (including phenoxy) is 1. The number of aliphatic hydroxyl groups is 1. The van der Waals surface area contributed by atoms with E-state index in [4.69, 9.17) is 10.3 Å². The SMILES string of the molecule is [N-]=[N+]=N[C@H]1C[C@@H](n2cc(-c3ccccc3)cnc2=O)O[C@@H]1CO. The molecular weight excluding hydrogens is 298 g/mol. The second kappa shape index (κ2) is 6.62. The maximum absolute atomic E-state index is 12.1. The molecule has 0 bridgehead atoms. The Kier molecular flexibility index (Phi) is 4.38. The molecule has 1 fully saturated rings. The third-order valence-electron chi connectivity index (χ3n) is 3.81. The van der Waals surface area contributed by atoms with Gasteiger partial charge in [-0.25, -0.2) is 9.78 Å². The van der Waals surface area contributed by atoms with Crippen LogP contribution in [0.25, 0.3) is 21.6 Å². The third kappa shape index (κ3) is 3.09. The summed E-state index contributed by atoms with van der Waals surface area (Å²) < 4.78 is 7.01. The zero-order valence-electron chi connectivity index (χ0n) is 12.2. The van der Waals surface area contributed by atoms with Crippen LogP contribution in [0.2, 0.25) is 0 Å². The van der Waals surface area contributed by atoms with Crippen LogP contribution in [0.15, 0.2) is 52.6 Å². The summed E-state index contributed by atoms with van der Waals surface area (Å²) in [4.78, 5) is 18.7. The lowest BCUT2D eigenvalue weighted by atomic mass is 10.1. The van der Waals surface area contributed by atoms with Crippen molar-refractivity contribution >= 4 is 0 Å². The van der Waals surface area contributed by atoms with E-state index < -0.39 is 24.1 Å². The van der Waals surface area contributed by atoms with Gasteiger partial charge in [0, 0.05) is 29.3 Å². The minimum absolute atomic E-state index is 0.277. The van der Waals surface area contributed by atoms with E-state index in [1.165, 1.54) is 10.8 Å². The first-order valence-electron chi connectivity index (χ1n) is 7.17. The van der Waals surface area contributed by atoms with Crippen LogP contribution in [0.5, 0.6) is 0 Å². The van der Waals surface area contributed by atoms with Gasteiger partial charge in [-0.1, -0.05) is 35.4 Å². The topological polar surface area (TPSA) is 113 Å². The van der Waals surface area contributed by atoms with Gasteiger partial charge in [0.1, 0.15) is 6.23 Å². The van der Waals surface area contributed by atoms with Gasteiger partial charge in [0.15, 0.2) is 0 Å². The molecule has 8 heteroatoms. The standard InChI is InChI=1S/C15H15N5O3/c16-19-18-12-6-14(23-13(12)9-21)20-8-11(7-17-15(20)22)10-4-2-1-3-5-10/h1-5,7-8,12-14,21H,6,9H2/t12-,13+,14-/m0/s1. The number of benzene rings is 1. The third-order valence-corrected chi connectivity index (χ3v) is 3.81. The van der Waals surface area contributed by atoms with E-state index in [-0.39, 0.29) is 6.61 Å². The first-order valence-corrected chi connectivity index (χ1v) is 7.17. The number of azide groups is 1. The molecule has 2 heterocycles. The summed E-state index contributed by atoms with van der Waals surface area (Å²) >= 11 is 0. The normalized spacial score (nSPS) is 23.4. The van der Waals surface area contributed by atoms with Gasteiger partial charge < -0.3 is 9.84 Å². The van der Waals surface area contributed by atoms with E-state index >= 15 is 0 Å². The first kappa shape index (κ1) is 15.2. The highest BCUT2D eigenvalue weighted by molar-refractivity contribution is 5.60. The lowest BCUT2D eigenvalue weighted by Gasteiger charge is -2.15. The molecule has 0 saturated carbocycles. The van der Waals surface area contributed by atoms with Crippen molar-refractivity contribution < 1.29 is 9.84 Å². The largest absolute Gasteiger partial charge is 0.394 e. The number of aliphatic hydroxyl groups excluding tert-OH is 1. The summed E-state index contributed by atoms with van der Waals surface area (Å²) in [5.41, 5.74) is 9.84. The number of aromatic nitrogens is 2. The monoisotopic (exact) mass is 313 g/mol. The Morgan fingerprint density at radius 2 is 2.17 bits per heavy atom. The van der Waals surface area contributed by atoms with E-state index in [0.29, 0.717) is 6.42 Å². The number of hydrogen-bond acceptors (Lipinski definition) is 5. The molecule has 2 aromatic rings. The van der Waals surface area contributed by atoms with E-state index in [1.807, 2.05) is 30.3 Å². The second-order valence-electron chi connectivity index (χ2n) is 5.22. The number of hydrogen-bond donors (Lipinski definition) is 1. The summed E-state index contributed by atoms with van der Waals surface area (Å²) in [6, 6.07) is 9.03. The Morgan fingerprint density at radius 3 is 2.87 bits per heavy atom. The van der Waals surface area contributed by atoms with Crippen LogP contribution in [0, 0.1) is 0 Å². The lowest BCUT2D eigenvalue weighted by molar-refractivity contribution is -0.0269. The van der Waals surface area contributed by atoms with Crippen molar-refractivity contribution in [2.75, 3.05) is 6.61 Å². The quantitative estimate of drug-likeness (QED) is 0.527. The van der Waals surface area contributed by atoms with Crippen LogP contribution in [0.1, 0.15) is 12.6 Å². The van der Waals surface area contributed by atoms with E-state index in [2.05, 4.69) is 15.0 Å². The van der Waals surface area contributed by atoms with Crippen LogP contribution in [0.4, 0.5) is 0 Å². The van der Waals surface area contributed by atoms with Gasteiger partial charge in [-0.05, 0) is 11.1 Å². The van der Waals surface area contributed by atoms with Crippen molar-refractivity contribution in [1.29, 1.82) is 0 Å². The fourth-order valence-corrected chi connectivity index (χ4v) is 2.65. The van der Waals surface area contributed by atoms with Crippen LogP contribution >= 0.6 is 0 Å². The van der Waals surface area contributed by atoms with Crippen LogP contribution < -0.4 is 5.69 Å². The van der Waals surface area contributed by atoms with Gasteiger partial charge in [0.2, 0.25) is 0 Å². The Balaban J connectivity index is 1.94. The molecular formula is C15H15N5O3. The highest BCUT2D eigenvalue weighted by Gasteiger charge is 2.35. The van der Waals surface area contributed by atoms with Gasteiger partial charge in [-0.15, -0.1) is 0 Å². The summed E-state index contributed by atoms with van der Waals surface area (Å²) in [5.74, 6) is 0. The summed E-state index contributed by atoms with van der Waals surface area (Å²) in [5, 5.41) is 12.9. The first-order chi connectivity index (χ1) is 11.2. The summed E-state index contributed by atoms with van der Waals surface area (Å²) in [7, 11) is 0. The average molecular weight is 313 g/mol. The Labute approximate surface area is 131 Å². The maximum Gasteiger partial charge on any atom is 0.349 e. The molecule has 0 aliphatic carbocycles. The molecule has 0 amide bonds. The van der Waals surface area contributed by atoms with Gasteiger partial charge >= 0.3 is 5.69 Å². The molecule has 1 N–H and O–H groups in total. The van der Waals surface area contributed by atoms with Crippen LogP contribution in [-0.2, 0) is 4.74 Å². The van der Waals surface area contributed by atoms with Crippen molar-refractivity contribution in [1.82, 2.24) is 9.55 Å². The minimum Gasteiger partial charge on any atom is -0.394 e. The molecule has 1 aliphatic rings. The molecule has 3 rings (SSSR count). The van der Waals surface area contributed by atoms with Gasteiger partial charge in [-0.3, -0.25) is 4.57 Å². The molecule has 3 atom stereocenters. The second-order valence-corrected chi connectivity index (χ2v) is 5.22. The average Bonchev–Trinajstić information content (AvgIpc) is 2.99. The van der Waals surface area contributed by atoms with Crippen molar-refractivity contribution in [3.8, 4) is 11.1 Å². The molecule has 1 aromatic heterocycles. The predicted octanol–water partition coefficient (Wildman–Crippen LogP) is 1.87. The van der Waals surface area contributed by atoms with Crippen LogP contribution in [0.3, 0.4) is 0 Å². The number of nitrogens with zero attached hydrogens (tertiary/aromatic N) is 5. The molecule has 0 spiro atoms. The smallest absolute Gasteiger partial charge is 0.349 e. The van der Waals surface area contributed by atoms with E-state index in [9.17, 15) is 9.90 Å². The zero-order chi connectivity index (χ0) is 16.2. The molecule has 0 radical (unpaired) electrons. The molecule has 1 saturated heterocycles. The molecule has 23 heavy (non-hydrogen) atoms. The van der Waals surface area contributed by atoms with Gasteiger partial charge in [0.25, 0.3) is 0 Å². The molecule has 0 unspecified atom stereocenters. The predicted molar refractivity (Wildman–Crippen MR) is 82.5 cm³/mol. The molecule has 118 valence electrons. The Morgan fingerprint density at radius 1 is 1.39 bits per heavy atom. The molecule has 1 aliphatic heterocycles. The van der Waals surface area contributed by atoms with E-state index in [1.54, 1.807) is 6.20 Å². The highest BCUT2D eigenvalue weighted by atomic mass is 16.5. The minimum atomic E-state index is -0.622. The fourth-order valence-electron chi connectivity index (χ4n) is 2.65. The highest BCUT2D eigenvalue weighted by Crippen LogP contribution is 2.30. The lowest BCUT2D eigenvalue weighted by Crippen LogP contribution is -2.27. The maximum atomic E-state index is 12.1. The Hall–Kier alpha value is -2.67. The summed E-state index contributed by atoms with van der Waals surface area (Å²) in [6.45, 7) is -0.277. The summed E-state index contributed by atoms with van der Waals surface area (Å²) in [6.07, 6.45) is 2.25. The fraction of sp³-hybridized carbons (Fsp3) is 0.333. The molecule has 8 nitrogen and oxygen atoms in total. The van der Waals surface area contributed by atoms with Crippen molar-refractivity contribution in [3.05, 3.63) is 63.7 Å². The van der Waals surface area contributed by atoms with Gasteiger partial charge in [0.05, 0.1) is 18.8 Å². The van der Waals surface area contributed by atoms with Gasteiger partial charge in [-0.2, -0.15) is 0 Å². The van der Waals surface area contributed by atoms with Crippen molar-refractivity contribution in [2.24, 2.45) is 5.11 Å². The molecule has 1 aromatic carbocycles. The zero-order valence-corrected chi connectivity index (χ0v) is 12.2. The Bertz CT molecular complexity index is 785.